The second-order valence-corrected chi connectivity index (χ2v) is 0.880. The van der Waals surface area contributed by atoms with E-state index in [1.165, 1.54) is 0 Å². The van der Waals surface area contributed by atoms with Crippen molar-refractivity contribution in [2.24, 2.45) is 0 Å². The van der Waals surface area contributed by atoms with Crippen molar-refractivity contribution >= 4 is 0 Å². The quantitative estimate of drug-likeness (QED) is 0.359. The first-order chi connectivity index (χ1) is 3.35. The lowest BCUT2D eigenvalue weighted by Crippen LogP contribution is -1.61. The predicted octanol–water partition coefficient (Wildman–Crippen LogP) is 1.55. The van der Waals surface area contributed by atoms with Crippen LogP contribution in [0.25, 0.3) is 0 Å². The van der Waals surface area contributed by atoms with Crippen LogP contribution in [0.2, 0.25) is 0 Å². The zero-order valence-electron chi connectivity index (χ0n) is 3.69. The molecule has 0 aliphatic carbocycles. The van der Waals surface area contributed by atoms with E-state index in [2.05, 4.69) is 6.58 Å². The van der Waals surface area contributed by atoms with Crippen LogP contribution < -0.4 is 0 Å². The molecule has 0 saturated heterocycles. The van der Waals surface area contributed by atoms with Crippen LogP contribution >= 0.6 is 0 Å². The molecule has 0 aromatic carbocycles. The van der Waals surface area contributed by atoms with E-state index in [0.717, 1.165) is 6.08 Å². The third-order valence-electron chi connectivity index (χ3n) is 0.467. The molecule has 0 radical (unpaired) electrons. The molecule has 0 aromatic rings. The number of hydrogen-bond donors (Lipinski definition) is 0. The second-order valence-electron chi connectivity index (χ2n) is 0.880. The van der Waals surface area contributed by atoms with Gasteiger partial charge in [0.2, 0.25) is 0 Å². The Labute approximate surface area is 41.4 Å². The molecule has 0 aromatic heterocycles. The summed E-state index contributed by atoms with van der Waals surface area (Å²) in [6.07, 6.45) is 1.37. The normalized spacial score (nSPS) is 10.0. The van der Waals surface area contributed by atoms with Crippen LogP contribution in [0.4, 0.5) is 4.39 Å². The molecule has 0 saturated carbocycles. The van der Waals surface area contributed by atoms with E-state index < -0.39 is 0 Å². The molecular weight excluding hydrogens is 93.1 g/mol. The van der Waals surface area contributed by atoms with Gasteiger partial charge in [-0.25, -0.2) is 4.39 Å². The summed E-state index contributed by atoms with van der Waals surface area (Å²) >= 11 is 0. The van der Waals surface area contributed by atoms with Gasteiger partial charge in [-0.05, 0) is 6.08 Å². The number of nitriles is 1. The molecule has 0 amide bonds. The molecule has 0 fully saturated rings. The minimum Gasteiger partial charge on any atom is -0.214 e. The van der Waals surface area contributed by atoms with E-state index in [0.29, 0.717) is 0 Å². The van der Waals surface area contributed by atoms with Gasteiger partial charge in [0.25, 0.3) is 0 Å². The highest BCUT2D eigenvalue weighted by Gasteiger charge is 1.79. The monoisotopic (exact) mass is 97.0 g/mol. The topological polar surface area (TPSA) is 23.8 Å². The van der Waals surface area contributed by atoms with Gasteiger partial charge in [0.05, 0.1) is 5.57 Å². The van der Waals surface area contributed by atoms with Crippen molar-refractivity contribution in [3.8, 4) is 6.07 Å². The Morgan fingerprint density at radius 1 is 1.86 bits per heavy atom. The fourth-order valence-corrected chi connectivity index (χ4v) is 0.115. The first kappa shape index (κ1) is 5.90. The van der Waals surface area contributed by atoms with E-state index in [1.54, 1.807) is 6.07 Å². The second kappa shape index (κ2) is 3.10. The first-order valence-corrected chi connectivity index (χ1v) is 1.68. The van der Waals surface area contributed by atoms with Gasteiger partial charge in [-0.2, -0.15) is 5.26 Å². The Balaban J connectivity index is 3.94. The number of allylic oxidation sites excluding steroid dienone is 2. The highest BCUT2D eigenvalue weighted by atomic mass is 19.1. The SMILES string of the molecule is C=CC(C#N)=CF. The Bertz CT molecular complexity index is 130. The fraction of sp³-hybridized carbons (Fsp3) is 0. The van der Waals surface area contributed by atoms with Crippen molar-refractivity contribution in [3.63, 3.8) is 0 Å². The van der Waals surface area contributed by atoms with Crippen LogP contribution in [-0.2, 0) is 0 Å². The minimum absolute atomic E-state index is 0.0417. The Hall–Kier alpha value is -1.10. The van der Waals surface area contributed by atoms with Crippen molar-refractivity contribution in [2.75, 3.05) is 0 Å². The zero-order valence-corrected chi connectivity index (χ0v) is 3.69. The number of hydrogen-bond acceptors (Lipinski definition) is 1. The standard InChI is InChI=1S/C5H4FN/c1-2-5(3-6)4-7/h2-3H,1H2. The van der Waals surface area contributed by atoms with Crippen molar-refractivity contribution in [1.82, 2.24) is 0 Å². The smallest absolute Gasteiger partial charge is 0.104 e. The Morgan fingerprint density at radius 2 is 2.43 bits per heavy atom. The lowest BCUT2D eigenvalue weighted by molar-refractivity contribution is 0.717. The average Bonchev–Trinajstić information content (AvgIpc) is 1.72. The van der Waals surface area contributed by atoms with Gasteiger partial charge < -0.3 is 0 Å². The maximum absolute atomic E-state index is 11.2. The van der Waals surface area contributed by atoms with Crippen molar-refractivity contribution < 1.29 is 4.39 Å². The summed E-state index contributed by atoms with van der Waals surface area (Å²) in [6.45, 7) is 3.17. The van der Waals surface area contributed by atoms with Crippen LogP contribution in [0.3, 0.4) is 0 Å². The third-order valence-corrected chi connectivity index (χ3v) is 0.467. The van der Waals surface area contributed by atoms with Crippen LogP contribution in [0, 0.1) is 11.3 Å². The summed E-state index contributed by atoms with van der Waals surface area (Å²) in [7, 11) is 0. The van der Waals surface area contributed by atoms with Gasteiger partial charge in [-0.15, -0.1) is 0 Å². The molecule has 7 heavy (non-hydrogen) atoms. The van der Waals surface area contributed by atoms with Gasteiger partial charge in [-0.3, -0.25) is 0 Å². The Morgan fingerprint density at radius 3 is 2.43 bits per heavy atom. The van der Waals surface area contributed by atoms with Crippen molar-refractivity contribution in [3.05, 3.63) is 24.6 Å². The van der Waals surface area contributed by atoms with Gasteiger partial charge in [0.1, 0.15) is 12.4 Å². The first-order valence-electron chi connectivity index (χ1n) is 1.68. The van der Waals surface area contributed by atoms with E-state index in [-0.39, 0.29) is 11.9 Å². The predicted molar refractivity (Wildman–Crippen MR) is 25.0 cm³/mol. The molecule has 0 N–H and O–H groups in total. The molecule has 0 unspecified atom stereocenters. The maximum Gasteiger partial charge on any atom is 0.104 e. The van der Waals surface area contributed by atoms with E-state index in [9.17, 15) is 4.39 Å². The summed E-state index contributed by atoms with van der Waals surface area (Å²) < 4.78 is 11.2. The van der Waals surface area contributed by atoms with Crippen LogP contribution in [0.1, 0.15) is 0 Å². The van der Waals surface area contributed by atoms with Crippen LogP contribution in [-0.4, -0.2) is 0 Å². The molecule has 0 aliphatic rings. The van der Waals surface area contributed by atoms with Gasteiger partial charge in [0, 0.05) is 0 Å². The molecule has 0 rings (SSSR count). The number of rotatable bonds is 1. The van der Waals surface area contributed by atoms with E-state index in [1.807, 2.05) is 0 Å². The van der Waals surface area contributed by atoms with Gasteiger partial charge in [0.15, 0.2) is 0 Å². The summed E-state index contributed by atoms with van der Waals surface area (Å²) in [5, 5.41) is 7.90. The molecule has 1 nitrogen and oxygen atoms in total. The minimum atomic E-state index is -0.0417. The van der Waals surface area contributed by atoms with Gasteiger partial charge in [-0.1, -0.05) is 6.58 Å². The molecular formula is C5H4FN. The number of halogens is 1. The lowest BCUT2D eigenvalue weighted by atomic mass is 10.3. The zero-order chi connectivity index (χ0) is 5.70. The van der Waals surface area contributed by atoms with Crippen LogP contribution in [0.15, 0.2) is 24.6 Å². The largest absolute Gasteiger partial charge is 0.214 e. The Kier molecular flexibility index (Phi) is 2.62. The molecule has 0 bridgehead atoms. The molecule has 2 heteroatoms. The summed E-state index contributed by atoms with van der Waals surface area (Å²) in [6, 6.07) is 1.57. The molecule has 0 heterocycles. The van der Waals surface area contributed by atoms with E-state index in [4.69, 9.17) is 5.26 Å². The van der Waals surface area contributed by atoms with Crippen molar-refractivity contribution in [2.45, 2.75) is 0 Å². The summed E-state index contributed by atoms with van der Waals surface area (Å²) in [4.78, 5) is 0. The molecule has 0 atom stereocenters. The highest BCUT2D eigenvalue weighted by molar-refractivity contribution is 5.28. The average molecular weight is 97.1 g/mol. The molecule has 0 spiro atoms. The van der Waals surface area contributed by atoms with Gasteiger partial charge >= 0.3 is 0 Å². The fourth-order valence-electron chi connectivity index (χ4n) is 0.115. The summed E-state index contributed by atoms with van der Waals surface area (Å²) in [5.41, 5.74) is -0.0417. The number of nitrogens with zero attached hydrogens (tertiary/aromatic N) is 1. The molecule has 0 aliphatic heterocycles. The summed E-state index contributed by atoms with van der Waals surface area (Å²) in [5.74, 6) is 0. The third kappa shape index (κ3) is 1.72. The highest BCUT2D eigenvalue weighted by Crippen LogP contribution is 1.90. The maximum atomic E-state index is 11.2. The van der Waals surface area contributed by atoms with Crippen LogP contribution in [0.5, 0.6) is 0 Å². The molecule has 36 valence electrons. The van der Waals surface area contributed by atoms with Crippen molar-refractivity contribution in [1.29, 1.82) is 5.26 Å². The lowest BCUT2D eigenvalue weighted by Gasteiger charge is -1.71. The van der Waals surface area contributed by atoms with E-state index >= 15 is 0 Å².